The largest absolute Gasteiger partial charge is 0.327 e. The molecule has 0 amide bonds. The third-order valence-corrected chi connectivity index (χ3v) is 2.64. The van der Waals surface area contributed by atoms with E-state index in [0.29, 0.717) is 12.8 Å². The predicted molar refractivity (Wildman–Crippen MR) is 66.6 cm³/mol. The summed E-state index contributed by atoms with van der Waals surface area (Å²) in [6.07, 6.45) is 4.15. The molecule has 1 aromatic heterocycles. The zero-order valence-electron chi connectivity index (χ0n) is 10.9. The Morgan fingerprint density at radius 1 is 1.53 bits per heavy atom. The van der Waals surface area contributed by atoms with E-state index in [2.05, 4.69) is 17.0 Å². The fraction of sp³-hybridized carbons (Fsp3) is 0.750. The Bertz CT molecular complexity index is 359. The highest BCUT2D eigenvalue weighted by atomic mass is 16.1. The highest BCUT2D eigenvalue weighted by Gasteiger charge is 2.14. The van der Waals surface area contributed by atoms with Gasteiger partial charge in [0, 0.05) is 18.5 Å². The molecule has 1 heterocycles. The fourth-order valence-electron chi connectivity index (χ4n) is 1.85. The number of ketones is 1. The zero-order chi connectivity index (χ0) is 12.8. The molecule has 1 aromatic rings. The Hall–Kier alpha value is -1.23. The van der Waals surface area contributed by atoms with Gasteiger partial charge in [0.25, 0.3) is 0 Å². The summed E-state index contributed by atoms with van der Waals surface area (Å²) in [5, 5.41) is 4.11. The van der Waals surface area contributed by atoms with Crippen LogP contribution in [-0.2, 0) is 11.2 Å². The van der Waals surface area contributed by atoms with Gasteiger partial charge >= 0.3 is 0 Å². The first-order valence-corrected chi connectivity index (χ1v) is 6.20. The van der Waals surface area contributed by atoms with Crippen molar-refractivity contribution in [2.75, 3.05) is 0 Å². The van der Waals surface area contributed by atoms with Gasteiger partial charge in [-0.15, -0.1) is 0 Å². The Morgan fingerprint density at radius 3 is 2.82 bits per heavy atom. The van der Waals surface area contributed by atoms with Crippen LogP contribution in [0.4, 0.5) is 0 Å². The van der Waals surface area contributed by atoms with E-state index < -0.39 is 0 Å². The van der Waals surface area contributed by atoms with E-state index in [4.69, 9.17) is 5.73 Å². The number of aromatic nitrogens is 3. The maximum Gasteiger partial charge on any atom is 0.142 e. The first kappa shape index (κ1) is 13.8. The van der Waals surface area contributed by atoms with Crippen molar-refractivity contribution >= 4 is 5.78 Å². The van der Waals surface area contributed by atoms with Gasteiger partial charge in [-0.05, 0) is 20.3 Å². The number of carbonyl (C=O) groups excluding carboxylic acids is 1. The molecule has 2 N–H and O–H groups in total. The number of nitrogens with two attached hydrogens (primary N) is 1. The van der Waals surface area contributed by atoms with E-state index in [1.807, 2.05) is 13.8 Å². The summed E-state index contributed by atoms with van der Waals surface area (Å²) in [7, 11) is 0. The lowest BCUT2D eigenvalue weighted by molar-refractivity contribution is -0.118. The van der Waals surface area contributed by atoms with Crippen molar-refractivity contribution in [3.63, 3.8) is 0 Å². The molecule has 0 fully saturated rings. The first-order valence-electron chi connectivity index (χ1n) is 6.20. The van der Waals surface area contributed by atoms with Crippen LogP contribution < -0.4 is 5.73 Å². The maximum absolute atomic E-state index is 11.8. The maximum atomic E-state index is 11.8. The number of rotatable bonds is 7. The van der Waals surface area contributed by atoms with E-state index in [-0.39, 0.29) is 17.9 Å². The quantitative estimate of drug-likeness (QED) is 0.781. The van der Waals surface area contributed by atoms with Crippen molar-refractivity contribution < 1.29 is 4.79 Å². The molecule has 0 saturated carbocycles. The average Bonchev–Trinajstić information content (AvgIpc) is 2.65. The first-order chi connectivity index (χ1) is 8.04. The molecule has 5 heteroatoms. The molecule has 96 valence electrons. The SMILES string of the molecule is CCCC(N)CC(=O)Cc1ncnn1C(C)C. The molecule has 0 aliphatic rings. The second-order valence-electron chi connectivity index (χ2n) is 4.68. The van der Waals surface area contributed by atoms with Crippen LogP contribution in [0, 0.1) is 0 Å². The monoisotopic (exact) mass is 238 g/mol. The summed E-state index contributed by atoms with van der Waals surface area (Å²) in [4.78, 5) is 15.9. The smallest absolute Gasteiger partial charge is 0.142 e. The van der Waals surface area contributed by atoms with Crippen LogP contribution in [0.1, 0.15) is 51.9 Å². The summed E-state index contributed by atoms with van der Waals surface area (Å²) in [5.41, 5.74) is 5.85. The molecular formula is C12H22N4O. The molecule has 0 aromatic carbocycles. The molecule has 1 unspecified atom stereocenters. The third kappa shape index (κ3) is 4.26. The van der Waals surface area contributed by atoms with Gasteiger partial charge in [-0.25, -0.2) is 9.67 Å². The lowest BCUT2D eigenvalue weighted by Gasteiger charge is -2.11. The summed E-state index contributed by atoms with van der Waals surface area (Å²) in [6, 6.07) is 0.201. The predicted octanol–water partition coefficient (Wildman–Crippen LogP) is 1.49. The molecule has 0 aliphatic carbocycles. The van der Waals surface area contributed by atoms with Crippen LogP contribution in [0.25, 0.3) is 0 Å². The van der Waals surface area contributed by atoms with E-state index in [1.165, 1.54) is 6.33 Å². The molecule has 5 nitrogen and oxygen atoms in total. The standard InChI is InChI=1S/C12H22N4O/c1-4-5-10(13)6-11(17)7-12-14-8-15-16(12)9(2)3/h8-10H,4-7,13H2,1-3H3. The molecule has 17 heavy (non-hydrogen) atoms. The molecular weight excluding hydrogens is 216 g/mol. The van der Waals surface area contributed by atoms with Crippen molar-refractivity contribution in [1.29, 1.82) is 0 Å². The minimum atomic E-state index is -0.0251. The Morgan fingerprint density at radius 2 is 2.24 bits per heavy atom. The van der Waals surface area contributed by atoms with E-state index in [0.717, 1.165) is 18.7 Å². The number of nitrogens with zero attached hydrogens (tertiary/aromatic N) is 3. The number of hydrogen-bond donors (Lipinski definition) is 1. The van der Waals surface area contributed by atoms with Crippen LogP contribution in [0.2, 0.25) is 0 Å². The normalized spacial score (nSPS) is 13.0. The lowest BCUT2D eigenvalue weighted by atomic mass is 10.0. The van der Waals surface area contributed by atoms with Crippen molar-refractivity contribution in [3.8, 4) is 0 Å². The summed E-state index contributed by atoms with van der Waals surface area (Å²) >= 11 is 0. The number of hydrogen-bond acceptors (Lipinski definition) is 4. The van der Waals surface area contributed by atoms with Gasteiger partial charge in [-0.1, -0.05) is 13.3 Å². The van der Waals surface area contributed by atoms with Gasteiger partial charge in [0.05, 0.1) is 6.42 Å². The van der Waals surface area contributed by atoms with Crippen LogP contribution in [-0.4, -0.2) is 26.6 Å². The van der Waals surface area contributed by atoms with Gasteiger partial charge in [-0.2, -0.15) is 5.10 Å². The van der Waals surface area contributed by atoms with Gasteiger partial charge < -0.3 is 5.73 Å². The van der Waals surface area contributed by atoms with Crippen LogP contribution in [0.5, 0.6) is 0 Å². The topological polar surface area (TPSA) is 73.8 Å². The van der Waals surface area contributed by atoms with Gasteiger partial charge in [-0.3, -0.25) is 4.79 Å². The van der Waals surface area contributed by atoms with Crippen molar-refractivity contribution in [3.05, 3.63) is 12.2 Å². The van der Waals surface area contributed by atoms with Crippen LogP contribution >= 0.6 is 0 Å². The lowest BCUT2D eigenvalue weighted by Crippen LogP contribution is -2.25. The Labute approximate surface area is 102 Å². The summed E-state index contributed by atoms with van der Waals surface area (Å²) < 4.78 is 1.78. The third-order valence-electron chi connectivity index (χ3n) is 2.64. The average molecular weight is 238 g/mol. The minimum absolute atomic E-state index is 0.0251. The molecule has 0 aliphatic heterocycles. The van der Waals surface area contributed by atoms with Crippen molar-refractivity contribution in [2.24, 2.45) is 5.73 Å². The molecule has 0 saturated heterocycles. The van der Waals surface area contributed by atoms with Gasteiger partial charge in [0.1, 0.15) is 17.9 Å². The van der Waals surface area contributed by atoms with E-state index >= 15 is 0 Å². The van der Waals surface area contributed by atoms with Gasteiger partial charge in [0.2, 0.25) is 0 Å². The molecule has 0 spiro atoms. The highest BCUT2D eigenvalue weighted by molar-refractivity contribution is 5.80. The Balaban J connectivity index is 2.53. The summed E-state index contributed by atoms with van der Waals surface area (Å²) in [5.74, 6) is 0.870. The van der Waals surface area contributed by atoms with Gasteiger partial charge in [0.15, 0.2) is 0 Å². The minimum Gasteiger partial charge on any atom is -0.327 e. The summed E-state index contributed by atoms with van der Waals surface area (Å²) in [6.45, 7) is 6.11. The van der Waals surface area contributed by atoms with Crippen LogP contribution in [0.15, 0.2) is 6.33 Å². The van der Waals surface area contributed by atoms with E-state index in [1.54, 1.807) is 4.68 Å². The highest BCUT2D eigenvalue weighted by Crippen LogP contribution is 2.08. The molecule has 0 radical (unpaired) electrons. The second-order valence-corrected chi connectivity index (χ2v) is 4.68. The Kier molecular flexibility index (Phi) is 5.28. The van der Waals surface area contributed by atoms with E-state index in [9.17, 15) is 4.79 Å². The molecule has 1 atom stereocenters. The molecule has 1 rings (SSSR count). The molecule has 0 bridgehead atoms. The van der Waals surface area contributed by atoms with Crippen molar-refractivity contribution in [1.82, 2.24) is 14.8 Å². The zero-order valence-corrected chi connectivity index (χ0v) is 10.9. The number of carbonyl (C=O) groups is 1. The second kappa shape index (κ2) is 6.49. The van der Waals surface area contributed by atoms with Crippen LogP contribution in [0.3, 0.4) is 0 Å². The number of Topliss-reactive ketones (excluding diaryl/α,β-unsaturated/α-hetero) is 1. The van der Waals surface area contributed by atoms with Crippen molar-refractivity contribution in [2.45, 2.75) is 58.5 Å². The fourth-order valence-corrected chi connectivity index (χ4v) is 1.85.